The maximum absolute atomic E-state index is 12.6. The van der Waals surface area contributed by atoms with E-state index in [1.807, 2.05) is 6.07 Å². The van der Waals surface area contributed by atoms with Gasteiger partial charge in [-0.25, -0.2) is 4.79 Å². The number of esters is 1. The minimum Gasteiger partial charge on any atom is -0.472 e. The summed E-state index contributed by atoms with van der Waals surface area (Å²) in [5.41, 5.74) is 1.69. The van der Waals surface area contributed by atoms with Crippen molar-refractivity contribution in [3.8, 4) is 6.07 Å². The summed E-state index contributed by atoms with van der Waals surface area (Å²) in [5, 5.41) is 12.0. The fraction of sp³-hybridized carbons (Fsp3) is 0.304. The van der Waals surface area contributed by atoms with Crippen LogP contribution in [0.4, 0.5) is 5.69 Å². The van der Waals surface area contributed by atoms with Gasteiger partial charge in [-0.3, -0.25) is 9.59 Å². The number of benzene rings is 1. The summed E-state index contributed by atoms with van der Waals surface area (Å²) in [4.78, 5) is 38.4. The van der Waals surface area contributed by atoms with Crippen LogP contribution in [0.3, 0.4) is 0 Å². The molecule has 8 heteroatoms. The van der Waals surface area contributed by atoms with Crippen LogP contribution in [0, 0.1) is 17.2 Å². The van der Waals surface area contributed by atoms with E-state index in [0.717, 1.165) is 0 Å². The zero-order valence-corrected chi connectivity index (χ0v) is 17.2. The van der Waals surface area contributed by atoms with Gasteiger partial charge in [-0.15, -0.1) is 0 Å². The first-order valence-corrected chi connectivity index (χ1v) is 10.0. The van der Waals surface area contributed by atoms with Crippen LogP contribution in [-0.4, -0.2) is 42.4 Å². The number of nitrogens with one attached hydrogen (secondary N) is 1. The number of rotatable bonds is 6. The quantitative estimate of drug-likeness (QED) is 0.435. The fourth-order valence-corrected chi connectivity index (χ4v) is 3.33. The van der Waals surface area contributed by atoms with Gasteiger partial charge in [0.05, 0.1) is 18.4 Å². The molecule has 0 saturated carbocycles. The Bertz CT molecular complexity index is 995. The molecule has 160 valence electrons. The van der Waals surface area contributed by atoms with Crippen molar-refractivity contribution >= 4 is 29.5 Å². The van der Waals surface area contributed by atoms with Crippen molar-refractivity contribution in [1.82, 2.24) is 4.90 Å². The zero-order valence-electron chi connectivity index (χ0n) is 17.2. The first-order chi connectivity index (χ1) is 15.0. The van der Waals surface area contributed by atoms with Gasteiger partial charge in [-0.1, -0.05) is 12.1 Å². The van der Waals surface area contributed by atoms with E-state index < -0.39 is 5.97 Å². The minimum atomic E-state index is -0.667. The lowest BCUT2D eigenvalue weighted by Gasteiger charge is -2.31. The van der Waals surface area contributed by atoms with Crippen LogP contribution in [0.2, 0.25) is 0 Å². The van der Waals surface area contributed by atoms with Gasteiger partial charge in [-0.2, -0.15) is 5.26 Å². The number of nitriles is 1. The molecule has 2 aromatic rings. The average molecular weight is 421 g/mol. The maximum Gasteiger partial charge on any atom is 0.348 e. The summed E-state index contributed by atoms with van der Waals surface area (Å²) in [6.07, 6.45) is 5.50. The Kier molecular flexibility index (Phi) is 7.22. The van der Waals surface area contributed by atoms with Crippen LogP contribution in [0.5, 0.6) is 0 Å². The predicted molar refractivity (Wildman–Crippen MR) is 113 cm³/mol. The highest BCUT2D eigenvalue weighted by atomic mass is 16.5. The van der Waals surface area contributed by atoms with Crippen LogP contribution >= 0.6 is 0 Å². The van der Waals surface area contributed by atoms with E-state index in [9.17, 15) is 14.4 Å². The predicted octanol–water partition coefficient (Wildman–Crippen LogP) is 3.24. The second-order valence-corrected chi connectivity index (χ2v) is 7.08. The lowest BCUT2D eigenvalue weighted by molar-refractivity contribution is -0.137. The largest absolute Gasteiger partial charge is 0.472 e. The standard InChI is InChI=1S/C23H23N3O5/c1-2-31-23(29)19(14-24)13-16-3-5-20(6-4-16)25-21(27)17-7-10-26(11-8-17)22(28)18-9-12-30-15-18/h3-6,9,12-13,15,17H,2,7-8,10-11H2,1H3,(H,25,27)/b19-13+. The molecule has 1 saturated heterocycles. The number of amides is 2. The average Bonchev–Trinajstić information content (AvgIpc) is 3.33. The summed E-state index contributed by atoms with van der Waals surface area (Å²) in [6, 6.07) is 10.3. The van der Waals surface area contributed by atoms with Gasteiger partial charge in [0.15, 0.2) is 0 Å². The molecular weight excluding hydrogens is 398 g/mol. The monoisotopic (exact) mass is 421 g/mol. The van der Waals surface area contributed by atoms with E-state index in [1.165, 1.54) is 18.6 Å². The Balaban J connectivity index is 1.54. The van der Waals surface area contributed by atoms with E-state index in [2.05, 4.69) is 5.32 Å². The lowest BCUT2D eigenvalue weighted by atomic mass is 9.95. The number of nitrogens with zero attached hydrogens (tertiary/aromatic N) is 2. The van der Waals surface area contributed by atoms with Crippen LogP contribution in [0.15, 0.2) is 52.8 Å². The van der Waals surface area contributed by atoms with Gasteiger partial charge in [0, 0.05) is 24.7 Å². The van der Waals surface area contributed by atoms with Crippen molar-refractivity contribution in [3.63, 3.8) is 0 Å². The van der Waals surface area contributed by atoms with Crippen molar-refractivity contribution in [1.29, 1.82) is 5.26 Å². The molecule has 1 aromatic carbocycles. The second kappa shape index (κ2) is 10.3. The number of likely N-dealkylation sites (tertiary alicyclic amines) is 1. The summed E-state index contributed by atoms with van der Waals surface area (Å²) in [6.45, 7) is 2.89. The number of piperidine rings is 1. The second-order valence-electron chi connectivity index (χ2n) is 7.08. The molecule has 0 atom stereocenters. The topological polar surface area (TPSA) is 113 Å². The van der Waals surface area contributed by atoms with Crippen molar-refractivity contribution in [2.75, 3.05) is 25.0 Å². The van der Waals surface area contributed by atoms with Gasteiger partial charge < -0.3 is 19.4 Å². The van der Waals surface area contributed by atoms with Gasteiger partial charge in [0.2, 0.25) is 5.91 Å². The normalized spacial score (nSPS) is 14.6. The number of anilines is 1. The summed E-state index contributed by atoms with van der Waals surface area (Å²) in [5.74, 6) is -1.03. The molecule has 1 N–H and O–H groups in total. The van der Waals surface area contributed by atoms with E-state index in [-0.39, 0.29) is 29.9 Å². The lowest BCUT2D eigenvalue weighted by Crippen LogP contribution is -2.41. The highest BCUT2D eigenvalue weighted by molar-refractivity contribution is 5.98. The molecule has 1 aliphatic rings. The summed E-state index contributed by atoms with van der Waals surface area (Å²) < 4.78 is 9.79. The zero-order chi connectivity index (χ0) is 22.2. The Labute approximate surface area is 180 Å². The molecule has 1 fully saturated rings. The van der Waals surface area contributed by atoms with Crippen LogP contribution in [0.1, 0.15) is 35.7 Å². The molecule has 0 radical (unpaired) electrons. The van der Waals surface area contributed by atoms with Gasteiger partial charge in [-0.05, 0) is 49.6 Å². The summed E-state index contributed by atoms with van der Waals surface area (Å²) >= 11 is 0. The highest BCUT2D eigenvalue weighted by Crippen LogP contribution is 2.22. The fourth-order valence-electron chi connectivity index (χ4n) is 3.33. The van der Waals surface area contributed by atoms with Crippen molar-refractivity contribution in [2.24, 2.45) is 5.92 Å². The molecule has 1 aliphatic heterocycles. The number of ether oxygens (including phenoxy) is 1. The van der Waals surface area contributed by atoms with Crippen molar-refractivity contribution in [2.45, 2.75) is 19.8 Å². The number of carbonyl (C=O) groups excluding carboxylic acids is 3. The van der Waals surface area contributed by atoms with Crippen molar-refractivity contribution in [3.05, 3.63) is 59.6 Å². The minimum absolute atomic E-state index is 0.0872. The third-order valence-corrected chi connectivity index (χ3v) is 5.03. The van der Waals surface area contributed by atoms with Crippen LogP contribution in [0.25, 0.3) is 6.08 Å². The van der Waals surface area contributed by atoms with Crippen LogP contribution in [-0.2, 0) is 14.3 Å². The Morgan fingerprint density at radius 3 is 2.52 bits per heavy atom. The van der Waals surface area contributed by atoms with E-state index >= 15 is 0 Å². The molecule has 31 heavy (non-hydrogen) atoms. The SMILES string of the molecule is CCOC(=O)/C(C#N)=C/c1ccc(NC(=O)C2CCN(C(=O)c3ccoc3)CC2)cc1. The molecule has 0 unspecified atom stereocenters. The molecule has 0 aliphatic carbocycles. The Morgan fingerprint density at radius 2 is 1.94 bits per heavy atom. The number of hydrogen-bond acceptors (Lipinski definition) is 6. The summed E-state index contributed by atoms with van der Waals surface area (Å²) in [7, 11) is 0. The van der Waals surface area contributed by atoms with E-state index in [4.69, 9.17) is 14.4 Å². The molecule has 3 rings (SSSR count). The molecule has 0 spiro atoms. The molecule has 0 bridgehead atoms. The number of hydrogen-bond donors (Lipinski definition) is 1. The Morgan fingerprint density at radius 1 is 1.23 bits per heavy atom. The third-order valence-electron chi connectivity index (χ3n) is 5.03. The molecule has 2 amide bonds. The first-order valence-electron chi connectivity index (χ1n) is 10.0. The smallest absolute Gasteiger partial charge is 0.348 e. The third kappa shape index (κ3) is 5.60. The first kappa shape index (κ1) is 21.8. The molecule has 8 nitrogen and oxygen atoms in total. The number of furan rings is 1. The van der Waals surface area contributed by atoms with Gasteiger partial charge in [0.1, 0.15) is 17.9 Å². The molecular formula is C23H23N3O5. The van der Waals surface area contributed by atoms with Crippen molar-refractivity contribution < 1.29 is 23.5 Å². The Hall–Kier alpha value is -3.86. The van der Waals surface area contributed by atoms with Gasteiger partial charge in [0.25, 0.3) is 5.91 Å². The maximum atomic E-state index is 12.6. The molecule has 1 aromatic heterocycles. The number of carbonyl (C=O) groups is 3. The van der Waals surface area contributed by atoms with E-state index in [1.54, 1.807) is 42.2 Å². The van der Waals surface area contributed by atoms with Crippen LogP contribution < -0.4 is 5.32 Å². The molecule has 2 heterocycles. The highest BCUT2D eigenvalue weighted by Gasteiger charge is 2.28. The van der Waals surface area contributed by atoms with Gasteiger partial charge >= 0.3 is 5.97 Å². The van der Waals surface area contributed by atoms with E-state index in [0.29, 0.717) is 42.7 Å².